The van der Waals surface area contributed by atoms with Gasteiger partial charge < -0.3 is 19.9 Å². The van der Waals surface area contributed by atoms with Gasteiger partial charge in [-0.05, 0) is 247 Å². The number of pyridine rings is 4. The second kappa shape index (κ2) is 36.5. The summed E-state index contributed by atoms with van der Waals surface area (Å²) in [5.74, 6) is -5.93. The average molecular weight is 2060 g/mol. The molecule has 11 aromatic heterocycles. The molecule has 0 saturated heterocycles. The number of halogens is 11. The Balaban J connectivity index is 0.000000123. The van der Waals surface area contributed by atoms with Crippen molar-refractivity contribution >= 4 is 48.0 Å². The Morgan fingerprint density at radius 3 is 0.890 bits per heavy atom. The summed E-state index contributed by atoms with van der Waals surface area (Å²) in [4.78, 5) is 43.6. The van der Waals surface area contributed by atoms with E-state index in [0.717, 1.165) is 131 Å². The van der Waals surface area contributed by atoms with Gasteiger partial charge in [-0.1, -0.05) is 104 Å². The van der Waals surface area contributed by atoms with Crippen LogP contribution < -0.4 is 44.2 Å². The Kier molecular flexibility index (Phi) is 25.2. The van der Waals surface area contributed by atoms with E-state index in [9.17, 15) is 73.5 Å². The zero-order valence-corrected chi connectivity index (χ0v) is 84.4. The standard InChI is InChI=1S/C27H24F2N6O2S.C27H23F2N6O2S.C26H22F2N6.C23H18F5N3O3S.Na/c2*1-26(2)17-10-11-27(26,24-16(17)12-21(33-34-24)23-18(28)6-4-7-19(23)29)22-9-5-8-20(32-22)15-13-30-25(31-14-15)35-38(3,36)37;1-25(2)16-9-10-26(25,21-8-4-7-19(32-21)14-12-30-24(29)31-13-14)23-15(16)11-20(33-34-23)22-17(27)5-3-6-18(22)28;1-21(2)13-9-10-22(21,17-7-4-8-18(29-17)34-35(32,33)23(26,27)28)20-12(13)11-16(30-31-20)19-14(24)5-3-6-15(19)25;/h4-9,12-14,17H,10-11H2,1-3H3,(H,30,31,35);4-9,12-14,17H,10-11H2,1-3H3;3-8,11-13,16H,9-10H2,1-2H3,(H2,29,30,31);3-8,11,13H,9-10H2,1-2H3;/q;-1;;;+1/t2*17-,27-;16-,26-;13-,22-;/m0000./s1. The van der Waals surface area contributed by atoms with Gasteiger partial charge >= 0.3 is 45.2 Å². The number of fused-ring (bicyclic) bond motifs is 20. The van der Waals surface area contributed by atoms with Crippen LogP contribution in [0.15, 0.2) is 207 Å². The number of alkyl halides is 3. The molecule has 43 heteroatoms. The van der Waals surface area contributed by atoms with Gasteiger partial charge in [0.15, 0.2) is 10.0 Å². The number of hydrogen-bond donors (Lipinski definition) is 2. The average Bonchev–Trinajstić information content (AvgIpc) is 1.53. The summed E-state index contributed by atoms with van der Waals surface area (Å²) in [6.07, 6.45) is 17.7. The van der Waals surface area contributed by atoms with Crippen LogP contribution >= 0.6 is 0 Å². The van der Waals surface area contributed by atoms with Crippen molar-refractivity contribution < 1.29 is 107 Å². The van der Waals surface area contributed by atoms with Crippen LogP contribution in [0, 0.1) is 68.2 Å². The number of rotatable bonds is 17. The topological polar surface area (TPSA) is 396 Å². The second-order valence-electron chi connectivity index (χ2n) is 39.6. The van der Waals surface area contributed by atoms with Crippen molar-refractivity contribution in [3.05, 3.63) is 326 Å². The molecule has 8 atom stereocenters. The molecule has 146 heavy (non-hydrogen) atoms. The zero-order chi connectivity index (χ0) is 103. The van der Waals surface area contributed by atoms with Gasteiger partial charge in [0.2, 0.25) is 27.8 Å². The third-order valence-corrected chi connectivity index (χ3v) is 33.0. The summed E-state index contributed by atoms with van der Waals surface area (Å²) in [7, 11) is -13.0. The number of nitrogen functional groups attached to an aromatic ring is 1. The van der Waals surface area contributed by atoms with Crippen LogP contribution in [0.3, 0.4) is 0 Å². The maximum Gasteiger partial charge on any atom is 1.00 e. The fraction of sp³-hybridized carbons (Fsp3) is 0.301. The number of nitrogens with one attached hydrogen (secondary N) is 1. The van der Waals surface area contributed by atoms with Crippen molar-refractivity contribution in [2.45, 2.75) is 158 Å². The second-order valence-corrected chi connectivity index (χ2v) is 44.5. The molecule has 0 amide bonds. The van der Waals surface area contributed by atoms with Crippen LogP contribution in [-0.2, 0) is 51.8 Å². The number of anilines is 2. The van der Waals surface area contributed by atoms with Crippen molar-refractivity contribution in [3.8, 4) is 84.7 Å². The van der Waals surface area contributed by atoms with Crippen LogP contribution in [-0.4, -0.2) is 134 Å². The van der Waals surface area contributed by atoms with Gasteiger partial charge in [0.05, 0.1) is 136 Å². The first-order chi connectivity index (χ1) is 68.6. The van der Waals surface area contributed by atoms with Crippen LogP contribution in [0.2, 0.25) is 0 Å². The minimum absolute atomic E-state index is 0. The normalized spacial score (nSPS) is 21.7. The molecule has 8 aliphatic rings. The molecule has 15 aromatic rings. The summed E-state index contributed by atoms with van der Waals surface area (Å²) in [6.45, 7) is 17.0. The summed E-state index contributed by atoms with van der Waals surface area (Å²) < 4.78 is 233. The summed E-state index contributed by atoms with van der Waals surface area (Å²) >= 11 is 0. The number of nitrogens with two attached hydrogens (primary N) is 1. The molecule has 4 aromatic carbocycles. The van der Waals surface area contributed by atoms with Gasteiger partial charge in [-0.25, -0.2) is 76.9 Å². The van der Waals surface area contributed by atoms with Crippen LogP contribution in [0.5, 0.6) is 5.88 Å². The number of hydrogen-bond acceptors (Lipinski definition) is 26. The van der Waals surface area contributed by atoms with E-state index < -0.39 is 115 Å². The van der Waals surface area contributed by atoms with E-state index in [2.05, 4.69) is 131 Å². The van der Waals surface area contributed by atoms with E-state index in [1.165, 1.54) is 91.5 Å². The van der Waals surface area contributed by atoms with E-state index in [0.29, 0.717) is 46.6 Å². The van der Waals surface area contributed by atoms with Gasteiger partial charge in [0, 0.05) is 59.7 Å². The SMILES string of the molecule is CC1(C)[C@H]2CC[C@]1(c1cccc(-c3cnc(N)nc3)n1)c1nnc(-c3c(F)cccc3F)cc12.CC1(C)[C@H]2CC[C@]1(c1cccc(-c3cnc(NS(C)(=O)=O)nc3)n1)c1nnc(-c3c(F)cccc3F)cc12.CC1(C)[C@H]2CC[C@]1(c1cccc(-c3cnc([N-]S(C)(=O)=O)nc3)n1)c1nnc(-c3c(F)cccc3F)cc12.CC1(C)[C@H]2CC[C@]1(c1cccc(OS(=O)(=O)C(F)(F)F)n1)c1nnc(-c3c(F)cccc3F)cc12.[Na+]. The number of sulfonamides is 2. The largest absolute Gasteiger partial charge is 1.00 e. The van der Waals surface area contributed by atoms with Gasteiger partial charge in [0.25, 0.3) is 0 Å². The molecule has 3 N–H and O–H groups in total. The third-order valence-electron chi connectivity index (χ3n) is 31.0. The maximum atomic E-state index is 14.5. The molecular formula is C103H87F11N21NaO7S3. The smallest absolute Gasteiger partial charge is 0.368 e. The Bertz CT molecular complexity index is 7850. The maximum absolute atomic E-state index is 14.5. The van der Waals surface area contributed by atoms with Crippen molar-refractivity contribution in [1.29, 1.82) is 0 Å². The van der Waals surface area contributed by atoms with Crippen molar-refractivity contribution in [2.75, 3.05) is 23.0 Å². The summed E-state index contributed by atoms with van der Waals surface area (Å²) in [5.41, 5.74) is 9.33. The van der Waals surface area contributed by atoms with E-state index in [1.807, 2.05) is 74.5 Å². The quantitative estimate of drug-likeness (QED) is 0.0370. The predicted molar refractivity (Wildman–Crippen MR) is 512 cm³/mol. The minimum Gasteiger partial charge on any atom is -0.368 e. The number of aromatic nitrogens is 18. The molecule has 0 spiro atoms. The molecule has 11 heterocycles. The van der Waals surface area contributed by atoms with Gasteiger partial charge in [0.1, 0.15) is 46.5 Å². The van der Waals surface area contributed by atoms with Gasteiger partial charge in [-0.3, -0.25) is 24.4 Å². The third kappa shape index (κ3) is 16.4. The first-order valence-corrected chi connectivity index (χ1v) is 51.1. The van der Waals surface area contributed by atoms with Crippen LogP contribution in [0.1, 0.15) is 198 Å². The minimum atomic E-state index is -5.90. The van der Waals surface area contributed by atoms with Crippen molar-refractivity contribution in [2.24, 2.45) is 21.7 Å². The number of benzene rings is 4. The molecule has 28 nitrogen and oxygen atoms in total. The molecule has 8 aliphatic carbocycles. The van der Waals surface area contributed by atoms with Crippen LogP contribution in [0.25, 0.3) is 83.5 Å². The number of nitrogens with zero attached hydrogens (tertiary/aromatic N) is 19. The molecule has 4 saturated carbocycles. The van der Waals surface area contributed by atoms with Gasteiger partial charge in [-0.2, -0.15) is 42.0 Å². The molecule has 23 rings (SSSR count). The summed E-state index contributed by atoms with van der Waals surface area (Å²) in [6, 6.07) is 43.1. The molecule has 0 aliphatic heterocycles. The molecule has 0 unspecified atom stereocenters. The molecule has 0 radical (unpaired) electrons. The summed E-state index contributed by atoms with van der Waals surface area (Å²) in [5, 5.41) is 35.0. The molecule has 8 bridgehead atoms. The van der Waals surface area contributed by atoms with E-state index in [4.69, 9.17) is 20.7 Å². The first-order valence-electron chi connectivity index (χ1n) is 46.0. The van der Waals surface area contributed by atoms with E-state index >= 15 is 0 Å². The Morgan fingerprint density at radius 1 is 0.356 bits per heavy atom. The predicted octanol–water partition coefficient (Wildman–Crippen LogP) is 17.6. The Labute approximate surface area is 852 Å². The van der Waals surface area contributed by atoms with E-state index in [-0.39, 0.29) is 138 Å². The molecule has 742 valence electrons. The Morgan fingerprint density at radius 2 is 0.616 bits per heavy atom. The van der Waals surface area contributed by atoms with E-state index in [1.54, 1.807) is 36.7 Å². The van der Waals surface area contributed by atoms with Crippen LogP contribution in [0.4, 0.5) is 66.1 Å². The zero-order valence-electron chi connectivity index (χ0n) is 79.9. The Hall–Kier alpha value is -13.7. The van der Waals surface area contributed by atoms with Crippen molar-refractivity contribution in [3.63, 3.8) is 0 Å². The monoisotopic (exact) mass is 2060 g/mol. The van der Waals surface area contributed by atoms with Gasteiger partial charge in [-0.15, -0.1) is 20.4 Å². The fourth-order valence-corrected chi connectivity index (χ4v) is 25.4. The molecular weight excluding hydrogens is 1970 g/mol. The first kappa shape index (κ1) is 101. The molecule has 4 fully saturated rings. The fourth-order valence-electron chi connectivity index (χ4n) is 24.2. The van der Waals surface area contributed by atoms with Crippen molar-refractivity contribution in [1.82, 2.24) is 90.6 Å².